The summed E-state index contributed by atoms with van der Waals surface area (Å²) in [6, 6.07) is 12.0. The van der Waals surface area contributed by atoms with Gasteiger partial charge >= 0.3 is 5.00 Å². The number of furan rings is 1. The number of amides is 1. The van der Waals surface area contributed by atoms with Crippen LogP contribution in [-0.4, -0.2) is 30.6 Å². The van der Waals surface area contributed by atoms with E-state index < -0.39 is 10.8 Å². The first-order valence-corrected chi connectivity index (χ1v) is 9.55. The number of hydrogen-bond acceptors (Lipinski definition) is 8. The van der Waals surface area contributed by atoms with Crippen LogP contribution in [0.4, 0.5) is 10.8 Å². The maximum Gasteiger partial charge on any atom is 0.324 e. The van der Waals surface area contributed by atoms with Crippen LogP contribution in [0, 0.1) is 10.1 Å². The second-order valence-corrected chi connectivity index (χ2v) is 7.46. The van der Waals surface area contributed by atoms with Crippen LogP contribution in [0.5, 0.6) is 0 Å². The number of nitrogens with one attached hydrogen (secondary N) is 1. The molecule has 148 valence electrons. The molecule has 0 aliphatic rings. The van der Waals surface area contributed by atoms with Gasteiger partial charge < -0.3 is 9.73 Å². The first-order valence-electron chi connectivity index (χ1n) is 8.74. The lowest BCUT2D eigenvalue weighted by Crippen LogP contribution is -2.12. The molecule has 30 heavy (non-hydrogen) atoms. The summed E-state index contributed by atoms with van der Waals surface area (Å²) in [4.78, 5) is 32.2. The molecular weight excluding hydrogens is 408 g/mol. The number of nitrogens with zero attached hydrogens (tertiary/aromatic N) is 5. The molecule has 1 amide bonds. The van der Waals surface area contributed by atoms with E-state index >= 15 is 0 Å². The molecular formula is C19H12N6O4S. The van der Waals surface area contributed by atoms with Crippen LogP contribution in [0.15, 0.2) is 53.1 Å². The number of benzene rings is 1. The number of fused-ring (bicyclic) bond motifs is 2. The minimum absolute atomic E-state index is 0.114. The molecule has 0 aliphatic carbocycles. The fourth-order valence-corrected chi connectivity index (χ4v) is 3.75. The zero-order valence-electron chi connectivity index (χ0n) is 15.4. The highest BCUT2D eigenvalue weighted by molar-refractivity contribution is 7.17. The van der Waals surface area contributed by atoms with Gasteiger partial charge in [0.15, 0.2) is 17.2 Å². The number of aromatic nitrogens is 4. The Morgan fingerprint density at radius 2 is 2.07 bits per heavy atom. The van der Waals surface area contributed by atoms with E-state index in [1.165, 1.54) is 12.1 Å². The SMILES string of the molecule is Cn1ncc2c(NC(=O)c3ccc([N+](=O)[O-])s3)nc(-c3cc4ccccc4o3)nc21. The number of anilines is 1. The minimum Gasteiger partial charge on any atom is -0.453 e. The summed E-state index contributed by atoms with van der Waals surface area (Å²) >= 11 is 0.789. The van der Waals surface area contributed by atoms with Gasteiger partial charge in [-0.3, -0.25) is 19.6 Å². The molecule has 1 N–H and O–H groups in total. The largest absolute Gasteiger partial charge is 0.453 e. The summed E-state index contributed by atoms with van der Waals surface area (Å²) in [5.74, 6) is 0.466. The Bertz CT molecular complexity index is 1420. The number of carbonyl (C=O) groups excluding carboxylic acids is 1. The van der Waals surface area contributed by atoms with Crippen molar-refractivity contribution in [1.82, 2.24) is 19.7 Å². The molecule has 0 saturated carbocycles. The monoisotopic (exact) mass is 420 g/mol. The number of hydrogen-bond donors (Lipinski definition) is 1. The number of thiophene rings is 1. The smallest absolute Gasteiger partial charge is 0.324 e. The molecule has 0 fully saturated rings. The standard InChI is InChI=1S/C19H12N6O4S/c1-24-18-11(9-20-24)16(23-19(26)14-6-7-15(30-14)25(27)28)21-17(22-18)13-8-10-4-2-3-5-12(10)29-13/h2-9H,1H3,(H,21,22,23,26). The van der Waals surface area contributed by atoms with E-state index in [2.05, 4.69) is 20.4 Å². The molecule has 11 heteroatoms. The number of aryl methyl sites for hydroxylation is 1. The minimum atomic E-state index is -0.537. The van der Waals surface area contributed by atoms with Crippen molar-refractivity contribution < 1.29 is 14.1 Å². The lowest BCUT2D eigenvalue weighted by Gasteiger charge is -2.06. The molecule has 0 aliphatic heterocycles. The molecule has 0 spiro atoms. The third kappa shape index (κ3) is 2.97. The van der Waals surface area contributed by atoms with Gasteiger partial charge in [-0.15, -0.1) is 0 Å². The van der Waals surface area contributed by atoms with Gasteiger partial charge in [0.1, 0.15) is 11.4 Å². The predicted molar refractivity (Wildman–Crippen MR) is 110 cm³/mol. The van der Waals surface area contributed by atoms with Crippen molar-refractivity contribution in [1.29, 1.82) is 0 Å². The quantitative estimate of drug-likeness (QED) is 0.344. The first-order chi connectivity index (χ1) is 14.5. The summed E-state index contributed by atoms with van der Waals surface area (Å²) < 4.78 is 7.42. The second-order valence-electron chi connectivity index (χ2n) is 6.40. The van der Waals surface area contributed by atoms with E-state index in [1.807, 2.05) is 30.3 Å². The zero-order valence-corrected chi connectivity index (χ0v) is 16.2. The fraction of sp³-hybridized carbons (Fsp3) is 0.0526. The molecule has 0 atom stereocenters. The van der Waals surface area contributed by atoms with E-state index in [4.69, 9.17) is 4.42 Å². The van der Waals surface area contributed by atoms with Gasteiger partial charge in [-0.25, -0.2) is 9.97 Å². The Hall–Kier alpha value is -4.12. The maximum atomic E-state index is 12.7. The summed E-state index contributed by atoms with van der Waals surface area (Å²) in [6.45, 7) is 0. The normalized spacial score (nSPS) is 11.2. The van der Waals surface area contributed by atoms with Crippen molar-refractivity contribution in [3.8, 4) is 11.6 Å². The predicted octanol–water partition coefficient (Wildman–Crippen LogP) is 4.00. The maximum absolute atomic E-state index is 12.7. The fourth-order valence-electron chi connectivity index (χ4n) is 3.04. The summed E-state index contributed by atoms with van der Waals surface area (Å²) in [5.41, 5.74) is 1.20. The molecule has 1 aromatic carbocycles. The van der Waals surface area contributed by atoms with Crippen molar-refractivity contribution >= 4 is 50.1 Å². The molecule has 0 saturated heterocycles. The van der Waals surface area contributed by atoms with E-state index in [9.17, 15) is 14.9 Å². The molecule has 0 unspecified atom stereocenters. The summed E-state index contributed by atoms with van der Waals surface area (Å²) in [7, 11) is 1.73. The van der Waals surface area contributed by atoms with Crippen LogP contribution in [0.1, 0.15) is 9.67 Å². The summed E-state index contributed by atoms with van der Waals surface area (Å²) in [5, 5.41) is 19.1. The van der Waals surface area contributed by atoms with Crippen LogP contribution >= 0.6 is 11.3 Å². The van der Waals surface area contributed by atoms with Crippen LogP contribution in [0.3, 0.4) is 0 Å². The van der Waals surface area contributed by atoms with Gasteiger partial charge in [-0.1, -0.05) is 29.5 Å². The Labute approximate surface area is 171 Å². The Morgan fingerprint density at radius 1 is 1.23 bits per heavy atom. The van der Waals surface area contributed by atoms with Gasteiger partial charge in [-0.2, -0.15) is 5.10 Å². The number of carbonyl (C=O) groups is 1. The molecule has 10 nitrogen and oxygen atoms in total. The van der Waals surface area contributed by atoms with E-state index in [0.29, 0.717) is 22.4 Å². The highest BCUT2D eigenvalue weighted by Gasteiger charge is 2.20. The highest BCUT2D eigenvalue weighted by Crippen LogP contribution is 2.30. The lowest BCUT2D eigenvalue weighted by atomic mass is 10.2. The molecule has 0 bridgehead atoms. The van der Waals surface area contributed by atoms with Gasteiger partial charge in [0.05, 0.1) is 21.4 Å². The van der Waals surface area contributed by atoms with Crippen LogP contribution in [0.25, 0.3) is 33.6 Å². The van der Waals surface area contributed by atoms with Crippen molar-refractivity contribution in [2.45, 2.75) is 0 Å². The first kappa shape index (κ1) is 17.9. The molecule has 5 aromatic rings. The Morgan fingerprint density at radius 3 is 2.83 bits per heavy atom. The van der Waals surface area contributed by atoms with E-state index in [1.54, 1.807) is 17.9 Å². The van der Waals surface area contributed by atoms with Crippen molar-refractivity contribution in [3.05, 3.63) is 63.7 Å². The van der Waals surface area contributed by atoms with Gasteiger partial charge in [-0.05, 0) is 18.2 Å². The lowest BCUT2D eigenvalue weighted by molar-refractivity contribution is -0.380. The van der Waals surface area contributed by atoms with E-state index in [0.717, 1.165) is 16.7 Å². The van der Waals surface area contributed by atoms with Crippen molar-refractivity contribution in [3.63, 3.8) is 0 Å². The molecule has 5 rings (SSSR count). The molecule has 4 heterocycles. The average molecular weight is 420 g/mol. The van der Waals surface area contributed by atoms with Crippen molar-refractivity contribution in [2.75, 3.05) is 5.32 Å². The van der Waals surface area contributed by atoms with Gasteiger partial charge in [0, 0.05) is 18.5 Å². The van der Waals surface area contributed by atoms with Gasteiger partial charge in [0.2, 0.25) is 0 Å². The average Bonchev–Trinajstić information content (AvgIpc) is 3.46. The Balaban J connectivity index is 1.58. The topological polar surface area (TPSA) is 129 Å². The number of rotatable bonds is 4. The van der Waals surface area contributed by atoms with Crippen LogP contribution in [-0.2, 0) is 7.05 Å². The third-order valence-electron chi connectivity index (χ3n) is 4.47. The Kier molecular flexibility index (Phi) is 4.03. The number of para-hydroxylation sites is 1. The van der Waals surface area contributed by atoms with Crippen LogP contribution in [0.2, 0.25) is 0 Å². The second kappa shape index (κ2) is 6.74. The number of nitro groups is 1. The highest BCUT2D eigenvalue weighted by atomic mass is 32.1. The third-order valence-corrected chi connectivity index (χ3v) is 5.50. The van der Waals surface area contributed by atoms with E-state index in [-0.39, 0.29) is 21.5 Å². The zero-order chi connectivity index (χ0) is 20.8. The molecule has 0 radical (unpaired) electrons. The summed E-state index contributed by atoms with van der Waals surface area (Å²) in [6.07, 6.45) is 1.55. The molecule has 4 aromatic heterocycles. The van der Waals surface area contributed by atoms with Crippen LogP contribution < -0.4 is 5.32 Å². The van der Waals surface area contributed by atoms with Crippen molar-refractivity contribution in [2.24, 2.45) is 7.05 Å². The van der Waals surface area contributed by atoms with Gasteiger partial charge in [0.25, 0.3) is 5.91 Å².